The molecule has 3 amide bonds. The van der Waals surface area contributed by atoms with Crippen molar-refractivity contribution in [3.8, 4) is 0 Å². The standard InChI is InChI=1S/C24H21Br2ClN2O4/c1-13-6-8-14(9-7-13)21(30)12-28(22(31)15-4-2-3-5-20(15)27)29-23(32)16-10-18(25)19(26)11-17(16)24(29)33/h2-9,16-19H,10-12H2,1H3/t16-,17-,18+,19+/m1/s1. The number of imide groups is 1. The topological polar surface area (TPSA) is 74.8 Å². The van der Waals surface area contributed by atoms with Crippen LogP contribution in [0.25, 0.3) is 0 Å². The van der Waals surface area contributed by atoms with Crippen molar-refractivity contribution < 1.29 is 19.2 Å². The van der Waals surface area contributed by atoms with Crippen molar-refractivity contribution in [3.63, 3.8) is 0 Å². The van der Waals surface area contributed by atoms with Crippen LogP contribution in [0.1, 0.15) is 39.1 Å². The van der Waals surface area contributed by atoms with E-state index in [9.17, 15) is 19.2 Å². The molecule has 2 fully saturated rings. The number of ketones is 1. The maximum atomic E-state index is 13.5. The molecule has 2 aromatic rings. The van der Waals surface area contributed by atoms with Gasteiger partial charge in [-0.2, -0.15) is 5.01 Å². The van der Waals surface area contributed by atoms with Gasteiger partial charge < -0.3 is 0 Å². The number of hydrogen-bond acceptors (Lipinski definition) is 4. The molecule has 1 aliphatic carbocycles. The number of carbonyl (C=O) groups excluding carboxylic acids is 4. The maximum absolute atomic E-state index is 13.5. The lowest BCUT2D eigenvalue weighted by Gasteiger charge is -2.30. The Bertz CT molecular complexity index is 1100. The number of alkyl halides is 2. The summed E-state index contributed by atoms with van der Waals surface area (Å²) in [6.45, 7) is 1.44. The molecule has 0 N–H and O–H groups in total. The molecule has 1 saturated carbocycles. The Balaban J connectivity index is 1.71. The minimum Gasteiger partial charge on any atom is -0.292 e. The second-order valence-corrected chi connectivity index (χ2v) is 11.1. The van der Waals surface area contributed by atoms with Crippen molar-refractivity contribution in [2.45, 2.75) is 29.4 Å². The molecule has 4 rings (SSSR count). The molecule has 0 bridgehead atoms. The molecule has 1 heterocycles. The van der Waals surface area contributed by atoms with Crippen LogP contribution >= 0.6 is 43.5 Å². The normalized spacial score (nSPS) is 24.5. The number of hydrazine groups is 1. The largest absolute Gasteiger partial charge is 0.292 e. The lowest BCUT2D eigenvalue weighted by Crippen LogP contribution is -2.52. The van der Waals surface area contributed by atoms with Crippen molar-refractivity contribution >= 4 is 67.0 Å². The van der Waals surface area contributed by atoms with E-state index >= 15 is 0 Å². The van der Waals surface area contributed by atoms with Gasteiger partial charge in [0.1, 0.15) is 6.54 Å². The van der Waals surface area contributed by atoms with Crippen LogP contribution in [0.4, 0.5) is 0 Å². The number of aryl methyl sites for hydroxylation is 1. The summed E-state index contributed by atoms with van der Waals surface area (Å²) in [4.78, 5) is 53.4. The highest BCUT2D eigenvalue weighted by Crippen LogP contribution is 2.43. The minimum atomic E-state index is -0.674. The minimum absolute atomic E-state index is 0.0253. The summed E-state index contributed by atoms with van der Waals surface area (Å²) in [5, 5.41) is 2.00. The second-order valence-electron chi connectivity index (χ2n) is 8.34. The fraction of sp³-hybridized carbons (Fsp3) is 0.333. The number of rotatable bonds is 5. The Morgan fingerprint density at radius 1 is 0.970 bits per heavy atom. The highest BCUT2D eigenvalue weighted by molar-refractivity contribution is 9.12. The van der Waals surface area contributed by atoms with Gasteiger partial charge in [-0.1, -0.05) is 85.4 Å². The Kier molecular flexibility index (Phi) is 7.07. The van der Waals surface area contributed by atoms with Crippen molar-refractivity contribution in [2.75, 3.05) is 6.54 Å². The van der Waals surface area contributed by atoms with E-state index in [4.69, 9.17) is 11.6 Å². The van der Waals surface area contributed by atoms with Crippen LogP contribution in [-0.2, 0) is 9.59 Å². The fourth-order valence-corrected chi connectivity index (χ4v) is 5.74. The zero-order valence-electron chi connectivity index (χ0n) is 17.7. The number of fused-ring (bicyclic) bond motifs is 1. The van der Waals surface area contributed by atoms with Gasteiger partial charge in [0.15, 0.2) is 5.78 Å². The number of carbonyl (C=O) groups is 4. The van der Waals surface area contributed by atoms with Crippen LogP contribution in [0.5, 0.6) is 0 Å². The summed E-state index contributed by atoms with van der Waals surface area (Å²) in [6, 6.07) is 13.3. The van der Waals surface area contributed by atoms with E-state index in [2.05, 4.69) is 31.9 Å². The van der Waals surface area contributed by atoms with E-state index in [0.29, 0.717) is 18.4 Å². The first-order valence-electron chi connectivity index (χ1n) is 10.5. The van der Waals surface area contributed by atoms with Gasteiger partial charge in [-0.15, -0.1) is 0 Å². The summed E-state index contributed by atoms with van der Waals surface area (Å²) in [5.74, 6) is -3.09. The molecule has 6 nitrogen and oxygen atoms in total. The molecule has 4 atom stereocenters. The number of benzene rings is 2. The fourth-order valence-electron chi connectivity index (χ4n) is 4.29. The molecule has 2 aromatic carbocycles. The van der Waals surface area contributed by atoms with Crippen molar-refractivity contribution in [2.24, 2.45) is 11.8 Å². The quantitative estimate of drug-likeness (QED) is 0.282. The molecule has 2 aliphatic rings. The smallest absolute Gasteiger partial charge is 0.274 e. The van der Waals surface area contributed by atoms with E-state index in [1.165, 1.54) is 6.07 Å². The summed E-state index contributed by atoms with van der Waals surface area (Å²) in [6.07, 6.45) is 0.920. The van der Waals surface area contributed by atoms with Crippen molar-refractivity contribution in [1.82, 2.24) is 10.0 Å². The van der Waals surface area contributed by atoms with Crippen LogP contribution in [0.3, 0.4) is 0 Å². The zero-order valence-corrected chi connectivity index (χ0v) is 21.6. The van der Waals surface area contributed by atoms with E-state index in [1.54, 1.807) is 42.5 Å². The predicted molar refractivity (Wildman–Crippen MR) is 131 cm³/mol. The first-order valence-corrected chi connectivity index (χ1v) is 12.7. The molecular weight excluding hydrogens is 576 g/mol. The third-order valence-corrected chi connectivity index (χ3v) is 9.20. The average Bonchev–Trinajstić information content (AvgIpc) is 3.02. The third kappa shape index (κ3) is 4.66. The summed E-state index contributed by atoms with van der Waals surface area (Å²) in [7, 11) is 0. The predicted octanol–water partition coefficient (Wildman–Crippen LogP) is 4.81. The molecule has 0 aromatic heterocycles. The first-order chi connectivity index (χ1) is 15.7. The summed E-state index contributed by atoms with van der Waals surface area (Å²) >= 11 is 13.4. The average molecular weight is 597 g/mol. The van der Waals surface area contributed by atoms with Crippen LogP contribution in [0, 0.1) is 18.8 Å². The van der Waals surface area contributed by atoms with Gasteiger partial charge in [0.05, 0.1) is 22.4 Å². The van der Waals surface area contributed by atoms with Gasteiger partial charge in [-0.25, -0.2) is 5.01 Å². The number of amides is 3. The lowest BCUT2D eigenvalue weighted by atomic mass is 9.81. The Labute approximate surface area is 213 Å². The van der Waals surface area contributed by atoms with Gasteiger partial charge in [-0.3, -0.25) is 19.2 Å². The van der Waals surface area contributed by atoms with E-state index in [0.717, 1.165) is 15.6 Å². The Morgan fingerprint density at radius 3 is 2.06 bits per heavy atom. The number of halogens is 3. The van der Waals surface area contributed by atoms with Crippen molar-refractivity contribution in [1.29, 1.82) is 0 Å². The van der Waals surface area contributed by atoms with E-state index < -0.39 is 36.1 Å². The molecule has 0 unspecified atom stereocenters. The van der Waals surface area contributed by atoms with Crippen LogP contribution in [0.15, 0.2) is 48.5 Å². The van der Waals surface area contributed by atoms with Gasteiger partial charge >= 0.3 is 0 Å². The maximum Gasteiger partial charge on any atom is 0.274 e. The number of hydrogen-bond donors (Lipinski definition) is 0. The van der Waals surface area contributed by atoms with E-state index in [-0.39, 0.29) is 26.0 Å². The third-order valence-electron chi connectivity index (χ3n) is 6.14. The zero-order chi connectivity index (χ0) is 23.9. The van der Waals surface area contributed by atoms with Crippen molar-refractivity contribution in [3.05, 3.63) is 70.2 Å². The molecule has 0 radical (unpaired) electrons. The van der Waals surface area contributed by atoms with Crippen LogP contribution in [-0.4, -0.2) is 49.7 Å². The lowest BCUT2D eigenvalue weighted by molar-refractivity contribution is -0.154. The Hall–Kier alpha value is -2.03. The second kappa shape index (κ2) is 9.68. The van der Waals surface area contributed by atoms with Gasteiger partial charge in [0.25, 0.3) is 17.7 Å². The first kappa shape index (κ1) is 24.1. The Morgan fingerprint density at radius 2 is 1.52 bits per heavy atom. The molecule has 0 spiro atoms. The summed E-state index contributed by atoms with van der Waals surface area (Å²) < 4.78 is 0. The molecular formula is C24H21Br2ClN2O4. The van der Waals surface area contributed by atoms with E-state index in [1.807, 2.05) is 6.92 Å². The number of Topliss-reactive ketones (excluding diaryl/α,β-unsaturated/α-hetero) is 1. The van der Waals surface area contributed by atoms with Gasteiger partial charge in [0, 0.05) is 15.2 Å². The number of nitrogens with zero attached hydrogens (tertiary/aromatic N) is 2. The highest BCUT2D eigenvalue weighted by Gasteiger charge is 2.54. The SMILES string of the molecule is Cc1ccc(C(=O)CN(C(=O)c2ccccc2Cl)N2C(=O)[C@@H]3C[C@H](Br)[C@@H](Br)C[C@H]3C2=O)cc1. The van der Waals surface area contributed by atoms with Crippen LogP contribution in [0.2, 0.25) is 5.02 Å². The summed E-state index contributed by atoms with van der Waals surface area (Å²) in [5.41, 5.74) is 1.48. The highest BCUT2D eigenvalue weighted by atomic mass is 79.9. The molecule has 1 aliphatic heterocycles. The van der Waals surface area contributed by atoms with Crippen LogP contribution < -0.4 is 0 Å². The monoisotopic (exact) mass is 594 g/mol. The van der Waals surface area contributed by atoms with Gasteiger partial charge in [-0.05, 0) is 31.9 Å². The molecule has 1 saturated heterocycles. The molecule has 172 valence electrons. The molecule has 9 heteroatoms. The van der Waals surface area contributed by atoms with Gasteiger partial charge in [0.2, 0.25) is 0 Å². The molecule has 33 heavy (non-hydrogen) atoms.